The molecule has 5 aromatic rings. The Morgan fingerprint density at radius 3 is 2.19 bits per heavy atom. The summed E-state index contributed by atoms with van der Waals surface area (Å²) >= 11 is 5.84. The second-order valence-corrected chi connectivity index (χ2v) is 8.48. The Bertz CT molecular complexity index is 1750. The van der Waals surface area contributed by atoms with E-state index in [1.54, 1.807) is 18.2 Å². The fourth-order valence-corrected chi connectivity index (χ4v) is 4.09. The second-order valence-electron chi connectivity index (χ2n) is 8.04. The lowest BCUT2D eigenvalue weighted by molar-refractivity contribution is -0.152. The SMILES string of the molecule is COc1ccc2c(COc3ccc4c(=O)c(-c5ccc(Cl)cc5)c(C(F)(F)F)oc4c3)cc(=O)oc2c1. The van der Waals surface area contributed by atoms with E-state index in [2.05, 4.69) is 0 Å². The third-order valence-corrected chi connectivity index (χ3v) is 5.94. The maximum atomic E-state index is 13.9. The van der Waals surface area contributed by atoms with Crippen LogP contribution in [-0.2, 0) is 12.8 Å². The summed E-state index contributed by atoms with van der Waals surface area (Å²) in [6, 6.07) is 15.6. The molecule has 0 radical (unpaired) electrons. The number of hydrogen-bond acceptors (Lipinski definition) is 6. The first-order valence-electron chi connectivity index (χ1n) is 10.8. The molecule has 2 aromatic heterocycles. The third-order valence-electron chi connectivity index (χ3n) is 5.69. The fraction of sp³-hybridized carbons (Fsp3) is 0.111. The lowest BCUT2D eigenvalue weighted by atomic mass is 10.0. The van der Waals surface area contributed by atoms with Crippen LogP contribution < -0.4 is 20.5 Å². The minimum atomic E-state index is -4.93. The van der Waals surface area contributed by atoms with Gasteiger partial charge in [-0.25, -0.2) is 4.79 Å². The van der Waals surface area contributed by atoms with Gasteiger partial charge < -0.3 is 18.3 Å². The number of benzene rings is 3. The largest absolute Gasteiger partial charge is 0.497 e. The van der Waals surface area contributed by atoms with Crippen LogP contribution >= 0.6 is 11.6 Å². The van der Waals surface area contributed by atoms with Gasteiger partial charge in [-0.05, 0) is 42.0 Å². The average molecular weight is 529 g/mol. The average Bonchev–Trinajstić information content (AvgIpc) is 2.86. The van der Waals surface area contributed by atoms with Gasteiger partial charge in [-0.2, -0.15) is 13.2 Å². The van der Waals surface area contributed by atoms with Crippen molar-refractivity contribution in [3.8, 4) is 22.6 Å². The molecule has 0 spiro atoms. The summed E-state index contributed by atoms with van der Waals surface area (Å²) in [6.07, 6.45) is -4.93. The van der Waals surface area contributed by atoms with Crippen LogP contribution in [0.4, 0.5) is 13.2 Å². The highest BCUT2D eigenvalue weighted by Crippen LogP contribution is 2.38. The van der Waals surface area contributed by atoms with Crippen molar-refractivity contribution in [2.45, 2.75) is 12.8 Å². The molecule has 3 aromatic carbocycles. The van der Waals surface area contributed by atoms with E-state index >= 15 is 0 Å². The summed E-state index contributed by atoms with van der Waals surface area (Å²) in [5, 5.41) is 0.857. The van der Waals surface area contributed by atoms with Crippen molar-refractivity contribution in [3.63, 3.8) is 0 Å². The summed E-state index contributed by atoms with van der Waals surface area (Å²) in [7, 11) is 1.48. The quantitative estimate of drug-likeness (QED) is 0.233. The number of hydrogen-bond donors (Lipinski definition) is 0. The summed E-state index contributed by atoms with van der Waals surface area (Å²) < 4.78 is 63.0. The van der Waals surface area contributed by atoms with Crippen LogP contribution in [0.25, 0.3) is 33.1 Å². The first kappa shape index (κ1) is 24.5. The van der Waals surface area contributed by atoms with E-state index in [1.807, 2.05) is 0 Å². The zero-order chi connectivity index (χ0) is 26.3. The molecule has 10 heteroatoms. The number of rotatable bonds is 5. The van der Waals surface area contributed by atoms with Crippen LogP contribution in [0.3, 0.4) is 0 Å². The molecule has 0 aliphatic carbocycles. The van der Waals surface area contributed by atoms with Crippen LogP contribution in [0.1, 0.15) is 11.3 Å². The summed E-state index contributed by atoms with van der Waals surface area (Å²) in [5.74, 6) is -0.792. The van der Waals surface area contributed by atoms with Gasteiger partial charge in [-0.1, -0.05) is 23.7 Å². The molecule has 0 bridgehead atoms. The van der Waals surface area contributed by atoms with Crippen LogP contribution in [0.5, 0.6) is 11.5 Å². The number of ether oxygens (including phenoxy) is 2. The Kier molecular flexibility index (Phi) is 6.16. The fourth-order valence-electron chi connectivity index (χ4n) is 3.96. The molecule has 0 unspecified atom stereocenters. The van der Waals surface area contributed by atoms with E-state index < -0.39 is 28.6 Å². The molecule has 188 valence electrons. The molecule has 0 fully saturated rings. The van der Waals surface area contributed by atoms with Gasteiger partial charge in [0, 0.05) is 34.2 Å². The smallest absolute Gasteiger partial charge is 0.450 e. The molecular weight excluding hydrogens is 513 g/mol. The van der Waals surface area contributed by atoms with Crippen LogP contribution in [-0.4, -0.2) is 7.11 Å². The van der Waals surface area contributed by atoms with Gasteiger partial charge in [-0.15, -0.1) is 0 Å². The molecule has 0 saturated carbocycles. The van der Waals surface area contributed by atoms with Gasteiger partial charge in [0.15, 0.2) is 0 Å². The van der Waals surface area contributed by atoms with Crippen LogP contribution in [0.2, 0.25) is 5.02 Å². The predicted octanol–water partition coefficient (Wildman–Crippen LogP) is 6.83. The molecule has 0 saturated heterocycles. The van der Waals surface area contributed by atoms with Gasteiger partial charge in [0.2, 0.25) is 11.2 Å². The van der Waals surface area contributed by atoms with Crippen LogP contribution in [0, 0.1) is 0 Å². The first-order chi connectivity index (χ1) is 17.6. The topological polar surface area (TPSA) is 78.9 Å². The molecule has 6 nitrogen and oxygen atoms in total. The normalized spacial score (nSPS) is 11.7. The number of halogens is 4. The molecule has 0 amide bonds. The second kappa shape index (κ2) is 9.33. The minimum absolute atomic E-state index is 0.0270. The van der Waals surface area contributed by atoms with Gasteiger partial charge in [0.25, 0.3) is 0 Å². The Hall–Kier alpha value is -4.24. The molecular formula is C27H16ClF3O6. The zero-order valence-electron chi connectivity index (χ0n) is 19.0. The Balaban J connectivity index is 1.55. The Morgan fingerprint density at radius 1 is 0.838 bits per heavy atom. The summed E-state index contributed by atoms with van der Waals surface area (Å²) in [4.78, 5) is 25.1. The lowest BCUT2D eigenvalue weighted by Gasteiger charge is -2.14. The maximum absolute atomic E-state index is 13.9. The molecule has 0 aliphatic rings. The van der Waals surface area contributed by atoms with Crippen molar-refractivity contribution in [2.75, 3.05) is 7.11 Å². The Morgan fingerprint density at radius 2 is 1.49 bits per heavy atom. The molecule has 5 rings (SSSR count). The maximum Gasteiger partial charge on any atom is 0.450 e. The van der Waals surface area contributed by atoms with E-state index in [4.69, 9.17) is 29.9 Å². The van der Waals surface area contributed by atoms with Crippen LogP contribution in [0.15, 0.2) is 85.2 Å². The molecule has 0 atom stereocenters. The number of alkyl halides is 3. The van der Waals surface area contributed by atoms with E-state index in [1.165, 1.54) is 55.6 Å². The highest BCUT2D eigenvalue weighted by atomic mass is 35.5. The Labute approximate surface area is 211 Å². The highest BCUT2D eigenvalue weighted by molar-refractivity contribution is 6.30. The zero-order valence-corrected chi connectivity index (χ0v) is 19.8. The van der Waals surface area contributed by atoms with Gasteiger partial charge in [0.1, 0.15) is 29.3 Å². The van der Waals surface area contributed by atoms with E-state index in [-0.39, 0.29) is 28.9 Å². The first-order valence-corrected chi connectivity index (χ1v) is 11.2. The van der Waals surface area contributed by atoms with Crippen molar-refractivity contribution in [1.82, 2.24) is 0 Å². The predicted molar refractivity (Wildman–Crippen MR) is 131 cm³/mol. The molecule has 2 heterocycles. The highest BCUT2D eigenvalue weighted by Gasteiger charge is 2.39. The van der Waals surface area contributed by atoms with Crippen molar-refractivity contribution in [1.29, 1.82) is 0 Å². The molecule has 37 heavy (non-hydrogen) atoms. The number of fused-ring (bicyclic) bond motifs is 2. The summed E-state index contributed by atoms with van der Waals surface area (Å²) in [6.45, 7) is -0.0981. The van der Waals surface area contributed by atoms with Crippen molar-refractivity contribution in [3.05, 3.63) is 104 Å². The minimum Gasteiger partial charge on any atom is -0.497 e. The summed E-state index contributed by atoms with van der Waals surface area (Å²) in [5.41, 5.74) is -1.54. The van der Waals surface area contributed by atoms with Gasteiger partial charge in [0.05, 0.1) is 18.1 Å². The van der Waals surface area contributed by atoms with Crippen molar-refractivity contribution >= 4 is 33.5 Å². The van der Waals surface area contributed by atoms with E-state index in [0.29, 0.717) is 27.3 Å². The standard InChI is InChI=1S/C27H16ClF3O6/c1-34-17-6-8-19-15(10-23(32)36-21(19)11-17)13-35-18-7-9-20-22(12-18)37-26(27(29,30)31)24(25(20)33)14-2-4-16(28)5-3-14/h2-12H,13H2,1H3. The lowest BCUT2D eigenvalue weighted by Crippen LogP contribution is -2.16. The number of methoxy groups -OCH3 is 1. The van der Waals surface area contributed by atoms with E-state index in [0.717, 1.165) is 0 Å². The van der Waals surface area contributed by atoms with Crippen molar-refractivity contribution < 1.29 is 31.5 Å². The molecule has 0 N–H and O–H groups in total. The van der Waals surface area contributed by atoms with Crippen molar-refractivity contribution in [2.24, 2.45) is 0 Å². The van der Waals surface area contributed by atoms with Gasteiger partial charge in [-0.3, -0.25) is 4.79 Å². The van der Waals surface area contributed by atoms with E-state index in [9.17, 15) is 22.8 Å². The molecule has 0 aliphatic heterocycles. The third kappa shape index (κ3) is 4.77. The van der Waals surface area contributed by atoms with Gasteiger partial charge >= 0.3 is 11.8 Å². The monoisotopic (exact) mass is 528 g/mol.